The molecule has 3 aromatic heterocycles. The SMILES string of the molecule is Cc1ncc(-c2ccc3c(c2)c(C(=O)NC(C)(C)C)nn3CC(=O)N2[C@H](C)[C@@H](C)C[C@H]2C(=O)Nc2nc(Br)ccc2C)cn1. The van der Waals surface area contributed by atoms with Gasteiger partial charge in [-0.05, 0) is 99.1 Å². The number of pyridine rings is 1. The molecular formula is C32H37BrN8O3. The summed E-state index contributed by atoms with van der Waals surface area (Å²) in [6.07, 6.45) is 3.99. The minimum Gasteiger partial charge on any atom is -0.346 e. The lowest BCUT2D eigenvalue weighted by Gasteiger charge is -2.28. The van der Waals surface area contributed by atoms with Crippen molar-refractivity contribution in [3.05, 3.63) is 64.4 Å². The van der Waals surface area contributed by atoms with Crippen LogP contribution in [-0.2, 0) is 16.1 Å². The van der Waals surface area contributed by atoms with Crippen LogP contribution in [0.5, 0.6) is 0 Å². The Morgan fingerprint density at radius 1 is 1.02 bits per heavy atom. The van der Waals surface area contributed by atoms with Crippen LogP contribution < -0.4 is 10.6 Å². The van der Waals surface area contributed by atoms with Crippen LogP contribution in [0.2, 0.25) is 0 Å². The molecule has 230 valence electrons. The van der Waals surface area contributed by atoms with E-state index in [9.17, 15) is 14.4 Å². The van der Waals surface area contributed by atoms with Gasteiger partial charge in [0.1, 0.15) is 28.8 Å². The van der Waals surface area contributed by atoms with Crippen LogP contribution >= 0.6 is 15.9 Å². The van der Waals surface area contributed by atoms with Crippen molar-refractivity contribution in [3.63, 3.8) is 0 Å². The summed E-state index contributed by atoms with van der Waals surface area (Å²) in [5, 5.41) is 11.2. The Hall–Kier alpha value is -4.19. The van der Waals surface area contributed by atoms with Gasteiger partial charge in [-0.1, -0.05) is 19.1 Å². The lowest BCUT2D eigenvalue weighted by atomic mass is 10.0. The molecule has 1 saturated heterocycles. The maximum Gasteiger partial charge on any atom is 0.272 e. The predicted molar refractivity (Wildman–Crippen MR) is 172 cm³/mol. The highest BCUT2D eigenvalue weighted by Crippen LogP contribution is 2.32. The first kappa shape index (κ1) is 31.2. The van der Waals surface area contributed by atoms with Crippen molar-refractivity contribution in [1.82, 2.24) is 34.9 Å². The van der Waals surface area contributed by atoms with Crippen LogP contribution in [0.25, 0.3) is 22.0 Å². The molecule has 3 amide bonds. The van der Waals surface area contributed by atoms with Gasteiger partial charge in [-0.2, -0.15) is 5.10 Å². The molecule has 0 spiro atoms. The normalized spacial score (nSPS) is 18.5. The van der Waals surface area contributed by atoms with Crippen molar-refractivity contribution in [3.8, 4) is 11.1 Å². The summed E-state index contributed by atoms with van der Waals surface area (Å²) < 4.78 is 2.16. The van der Waals surface area contributed by atoms with E-state index in [2.05, 4.69) is 46.6 Å². The Bertz CT molecular complexity index is 1740. The number of nitrogens with zero attached hydrogens (tertiary/aromatic N) is 6. The third-order valence-electron chi connectivity index (χ3n) is 7.94. The maximum absolute atomic E-state index is 14.0. The van der Waals surface area contributed by atoms with Gasteiger partial charge in [0.25, 0.3) is 5.91 Å². The van der Waals surface area contributed by atoms with Gasteiger partial charge >= 0.3 is 0 Å². The Morgan fingerprint density at radius 2 is 1.73 bits per heavy atom. The quantitative estimate of drug-likeness (QED) is 0.276. The molecule has 4 heterocycles. The molecule has 1 aliphatic rings. The first-order valence-corrected chi connectivity index (χ1v) is 15.4. The number of anilines is 1. The molecule has 0 saturated carbocycles. The molecule has 5 rings (SSSR count). The summed E-state index contributed by atoms with van der Waals surface area (Å²) in [6, 6.07) is 8.44. The van der Waals surface area contributed by atoms with Gasteiger partial charge in [0.2, 0.25) is 11.8 Å². The fourth-order valence-corrected chi connectivity index (χ4v) is 5.79. The third-order valence-corrected chi connectivity index (χ3v) is 8.38. The van der Waals surface area contributed by atoms with Crippen LogP contribution in [0, 0.1) is 19.8 Å². The topological polar surface area (TPSA) is 135 Å². The van der Waals surface area contributed by atoms with E-state index in [1.54, 1.807) is 22.0 Å². The molecule has 0 bridgehead atoms. The lowest BCUT2D eigenvalue weighted by Crippen LogP contribution is -2.47. The van der Waals surface area contributed by atoms with Crippen molar-refractivity contribution in [1.29, 1.82) is 0 Å². The van der Waals surface area contributed by atoms with Crippen molar-refractivity contribution < 1.29 is 14.4 Å². The monoisotopic (exact) mass is 660 g/mol. The highest BCUT2D eigenvalue weighted by Gasteiger charge is 2.43. The van der Waals surface area contributed by atoms with E-state index in [-0.39, 0.29) is 41.9 Å². The molecule has 0 aliphatic carbocycles. The summed E-state index contributed by atoms with van der Waals surface area (Å²) in [5.41, 5.74) is 2.79. The van der Waals surface area contributed by atoms with Gasteiger partial charge in [0.05, 0.1) is 5.52 Å². The molecule has 4 aromatic rings. The van der Waals surface area contributed by atoms with E-state index >= 15 is 0 Å². The number of benzene rings is 1. The van der Waals surface area contributed by atoms with E-state index in [1.807, 2.05) is 78.8 Å². The summed E-state index contributed by atoms with van der Waals surface area (Å²) in [5.74, 6) is 0.322. The number of amides is 3. The van der Waals surface area contributed by atoms with E-state index in [4.69, 9.17) is 0 Å². The van der Waals surface area contributed by atoms with Crippen molar-refractivity contribution in [2.75, 3.05) is 5.32 Å². The number of halogens is 1. The predicted octanol–water partition coefficient (Wildman–Crippen LogP) is 5.06. The average molecular weight is 662 g/mol. The molecule has 1 fully saturated rings. The van der Waals surface area contributed by atoms with Crippen LogP contribution in [0.15, 0.2) is 47.3 Å². The first-order chi connectivity index (χ1) is 20.7. The fourth-order valence-electron chi connectivity index (χ4n) is 5.48. The molecule has 3 atom stereocenters. The van der Waals surface area contributed by atoms with E-state index in [1.165, 1.54) is 0 Å². The number of aryl methyl sites for hydroxylation is 2. The number of hydrogen-bond donors (Lipinski definition) is 2. The molecular weight excluding hydrogens is 624 g/mol. The summed E-state index contributed by atoms with van der Waals surface area (Å²) in [7, 11) is 0. The molecule has 1 aromatic carbocycles. The molecule has 11 nitrogen and oxygen atoms in total. The van der Waals surface area contributed by atoms with Crippen LogP contribution in [0.3, 0.4) is 0 Å². The number of carbonyl (C=O) groups is 3. The minimum atomic E-state index is -0.675. The van der Waals surface area contributed by atoms with Gasteiger partial charge in [0, 0.05) is 34.9 Å². The van der Waals surface area contributed by atoms with E-state index in [0.717, 1.165) is 16.7 Å². The summed E-state index contributed by atoms with van der Waals surface area (Å²) >= 11 is 3.36. The summed E-state index contributed by atoms with van der Waals surface area (Å²) in [4.78, 5) is 55.6. The zero-order valence-electron chi connectivity index (χ0n) is 26.0. The second kappa shape index (κ2) is 12.1. The standard InChI is InChI=1S/C32H37BrN8O3/c1-17-8-11-26(33)36-29(17)37-30(43)25-12-18(2)19(3)41(25)27(42)16-40-24-10-9-21(22-14-34-20(4)35-15-22)13-23(24)28(39-40)31(44)38-32(5,6)7/h8-11,13-15,18-19,25H,12,16H2,1-7H3,(H,38,44)(H,36,37,43)/t18-,19+,25-/m0/s1. The smallest absolute Gasteiger partial charge is 0.272 e. The van der Waals surface area contributed by atoms with Gasteiger partial charge in [-0.25, -0.2) is 15.0 Å². The zero-order valence-corrected chi connectivity index (χ0v) is 27.6. The summed E-state index contributed by atoms with van der Waals surface area (Å²) in [6.45, 7) is 13.2. The zero-order chi connectivity index (χ0) is 31.9. The molecule has 12 heteroatoms. The largest absolute Gasteiger partial charge is 0.346 e. The number of rotatable bonds is 6. The van der Waals surface area contributed by atoms with Crippen molar-refractivity contribution in [2.45, 2.75) is 79.1 Å². The van der Waals surface area contributed by atoms with E-state index < -0.39 is 11.6 Å². The van der Waals surface area contributed by atoms with E-state index in [0.29, 0.717) is 33.6 Å². The number of fused-ring (bicyclic) bond motifs is 1. The van der Waals surface area contributed by atoms with Gasteiger partial charge in [0.15, 0.2) is 5.69 Å². The second-order valence-corrected chi connectivity index (χ2v) is 13.3. The Kier molecular flexibility index (Phi) is 8.57. The number of hydrogen-bond acceptors (Lipinski definition) is 7. The number of aromatic nitrogens is 5. The lowest BCUT2D eigenvalue weighted by molar-refractivity contribution is -0.139. The Labute approximate surface area is 265 Å². The Balaban J connectivity index is 1.48. The van der Waals surface area contributed by atoms with Gasteiger partial charge in [-0.3, -0.25) is 19.1 Å². The fraction of sp³-hybridized carbons (Fsp3) is 0.406. The Morgan fingerprint density at radius 3 is 2.41 bits per heavy atom. The number of carbonyl (C=O) groups excluding carboxylic acids is 3. The number of nitrogens with one attached hydrogen (secondary N) is 2. The molecule has 1 aliphatic heterocycles. The van der Waals surface area contributed by atoms with Crippen molar-refractivity contribution in [2.24, 2.45) is 5.92 Å². The highest BCUT2D eigenvalue weighted by molar-refractivity contribution is 9.10. The average Bonchev–Trinajstić information content (AvgIpc) is 3.46. The third kappa shape index (κ3) is 6.50. The van der Waals surface area contributed by atoms with Crippen LogP contribution in [-0.4, -0.2) is 65.0 Å². The molecule has 2 N–H and O–H groups in total. The van der Waals surface area contributed by atoms with Gasteiger partial charge < -0.3 is 15.5 Å². The highest BCUT2D eigenvalue weighted by atomic mass is 79.9. The molecule has 44 heavy (non-hydrogen) atoms. The first-order valence-electron chi connectivity index (χ1n) is 14.6. The van der Waals surface area contributed by atoms with Crippen LogP contribution in [0.1, 0.15) is 62.9 Å². The van der Waals surface area contributed by atoms with Crippen LogP contribution in [0.4, 0.5) is 5.82 Å². The molecule has 0 unspecified atom stereocenters. The maximum atomic E-state index is 14.0. The minimum absolute atomic E-state index is 0.105. The van der Waals surface area contributed by atoms with Crippen molar-refractivity contribution >= 4 is 50.4 Å². The molecule has 0 radical (unpaired) electrons. The second-order valence-electron chi connectivity index (χ2n) is 12.5. The number of likely N-dealkylation sites (tertiary alicyclic amines) is 1. The van der Waals surface area contributed by atoms with Gasteiger partial charge in [-0.15, -0.1) is 0 Å².